The van der Waals surface area contributed by atoms with Crippen molar-refractivity contribution < 1.29 is 13.2 Å². The summed E-state index contributed by atoms with van der Waals surface area (Å²) in [6.45, 7) is 5.54. The number of rotatable bonds is 4. The van der Waals surface area contributed by atoms with Crippen molar-refractivity contribution in [2.75, 3.05) is 11.4 Å². The number of nitrogens with zero attached hydrogens (tertiary/aromatic N) is 3. The molecule has 3 aromatic rings. The minimum Gasteiger partial charge on any atom is -0.269 e. The molecule has 0 N–H and O–H groups in total. The normalized spacial score (nSPS) is 11.4. The summed E-state index contributed by atoms with van der Waals surface area (Å²) < 4.78 is 28.1. The smallest absolute Gasteiger partial charge is 0.269 e. The first-order valence-electron chi connectivity index (χ1n) is 8.44. The Bertz CT molecular complexity index is 1080. The van der Waals surface area contributed by atoms with Gasteiger partial charge in [0.15, 0.2) is 0 Å². The van der Waals surface area contributed by atoms with Crippen LogP contribution in [0.3, 0.4) is 0 Å². The van der Waals surface area contributed by atoms with Crippen LogP contribution in [0.4, 0.5) is 5.69 Å². The summed E-state index contributed by atoms with van der Waals surface area (Å²) in [4.78, 5) is 12.8. The van der Waals surface area contributed by atoms with Gasteiger partial charge in [-0.15, -0.1) is 0 Å². The molecule has 3 rings (SSSR count). The quantitative estimate of drug-likeness (QED) is 0.693. The molecule has 2 aromatic carbocycles. The van der Waals surface area contributed by atoms with Gasteiger partial charge >= 0.3 is 0 Å². The number of benzene rings is 2. The number of hydrogen-bond acceptors (Lipinski definition) is 4. The standard InChI is InChI=1S/C20H21N3O3S/c1-14-5-11-19(12-6-14)27(25,26)22(4)18-9-7-17(8-10-18)20(24)23-16(3)13-15(2)21-23/h5-13H,1-4H3. The summed E-state index contributed by atoms with van der Waals surface area (Å²) in [7, 11) is -2.17. The van der Waals surface area contributed by atoms with E-state index in [-0.39, 0.29) is 10.8 Å². The molecule has 0 bridgehead atoms. The van der Waals surface area contributed by atoms with Crippen LogP contribution < -0.4 is 4.31 Å². The number of carbonyl (C=O) groups is 1. The van der Waals surface area contributed by atoms with Crippen LogP contribution in [-0.2, 0) is 10.0 Å². The zero-order valence-corrected chi connectivity index (χ0v) is 16.5. The Hall–Kier alpha value is -2.93. The predicted octanol–water partition coefficient (Wildman–Crippen LogP) is 3.32. The van der Waals surface area contributed by atoms with E-state index in [0.29, 0.717) is 11.3 Å². The van der Waals surface area contributed by atoms with E-state index in [1.54, 1.807) is 48.5 Å². The first-order chi connectivity index (χ1) is 12.7. The number of hydrogen-bond donors (Lipinski definition) is 0. The molecule has 0 spiro atoms. The summed E-state index contributed by atoms with van der Waals surface area (Å²) in [6, 6.07) is 15.0. The van der Waals surface area contributed by atoms with Gasteiger partial charge in [0.1, 0.15) is 0 Å². The van der Waals surface area contributed by atoms with E-state index in [0.717, 1.165) is 17.0 Å². The van der Waals surface area contributed by atoms with Crippen LogP contribution in [0, 0.1) is 20.8 Å². The topological polar surface area (TPSA) is 72.3 Å². The van der Waals surface area contributed by atoms with Crippen LogP contribution >= 0.6 is 0 Å². The second-order valence-electron chi connectivity index (χ2n) is 6.48. The largest absolute Gasteiger partial charge is 0.278 e. The fraction of sp³-hybridized carbons (Fsp3) is 0.200. The monoisotopic (exact) mass is 383 g/mol. The van der Waals surface area contributed by atoms with Crippen molar-refractivity contribution in [2.24, 2.45) is 0 Å². The first kappa shape index (κ1) is 18.8. The number of carbonyl (C=O) groups excluding carboxylic acids is 1. The number of aromatic nitrogens is 2. The molecule has 0 amide bonds. The predicted molar refractivity (Wildman–Crippen MR) is 105 cm³/mol. The van der Waals surface area contributed by atoms with E-state index in [9.17, 15) is 13.2 Å². The van der Waals surface area contributed by atoms with Crippen LogP contribution in [-0.4, -0.2) is 31.2 Å². The molecular formula is C20H21N3O3S. The molecule has 1 heterocycles. The lowest BCUT2D eigenvalue weighted by molar-refractivity contribution is 0.0942. The third kappa shape index (κ3) is 3.64. The molecule has 6 nitrogen and oxygen atoms in total. The fourth-order valence-corrected chi connectivity index (χ4v) is 3.97. The third-order valence-corrected chi connectivity index (χ3v) is 6.16. The number of aryl methyl sites for hydroxylation is 3. The van der Waals surface area contributed by atoms with Gasteiger partial charge in [-0.25, -0.2) is 13.1 Å². The highest BCUT2D eigenvalue weighted by molar-refractivity contribution is 7.92. The van der Waals surface area contributed by atoms with Crippen molar-refractivity contribution in [1.82, 2.24) is 9.78 Å². The van der Waals surface area contributed by atoms with E-state index in [4.69, 9.17) is 0 Å². The van der Waals surface area contributed by atoms with Gasteiger partial charge in [0.05, 0.1) is 16.3 Å². The SMILES string of the molecule is Cc1ccc(S(=O)(=O)N(C)c2ccc(C(=O)n3nc(C)cc3C)cc2)cc1. The zero-order valence-electron chi connectivity index (χ0n) is 15.7. The van der Waals surface area contributed by atoms with E-state index in [1.807, 2.05) is 26.8 Å². The Morgan fingerprint density at radius 2 is 1.56 bits per heavy atom. The van der Waals surface area contributed by atoms with Crippen molar-refractivity contribution in [3.63, 3.8) is 0 Å². The molecule has 0 radical (unpaired) electrons. The van der Waals surface area contributed by atoms with Crippen LogP contribution in [0.2, 0.25) is 0 Å². The molecule has 7 heteroatoms. The molecule has 140 valence electrons. The highest BCUT2D eigenvalue weighted by Gasteiger charge is 2.21. The highest BCUT2D eigenvalue weighted by atomic mass is 32.2. The molecule has 0 atom stereocenters. The minimum absolute atomic E-state index is 0.221. The Morgan fingerprint density at radius 3 is 2.07 bits per heavy atom. The summed E-state index contributed by atoms with van der Waals surface area (Å²) in [6.07, 6.45) is 0. The van der Waals surface area contributed by atoms with Gasteiger partial charge in [0, 0.05) is 18.3 Å². The number of sulfonamides is 1. The maximum absolute atomic E-state index is 12.8. The molecule has 0 aliphatic carbocycles. The van der Waals surface area contributed by atoms with Crippen molar-refractivity contribution in [2.45, 2.75) is 25.7 Å². The number of anilines is 1. The lowest BCUT2D eigenvalue weighted by Gasteiger charge is -2.20. The van der Waals surface area contributed by atoms with Gasteiger partial charge in [-0.05, 0) is 63.2 Å². The summed E-state index contributed by atoms with van der Waals surface area (Å²) in [5.41, 5.74) is 3.41. The maximum Gasteiger partial charge on any atom is 0.278 e. The molecule has 1 aromatic heterocycles. The molecule has 27 heavy (non-hydrogen) atoms. The van der Waals surface area contributed by atoms with Gasteiger partial charge in [-0.1, -0.05) is 17.7 Å². The average molecular weight is 383 g/mol. The summed E-state index contributed by atoms with van der Waals surface area (Å²) in [5.74, 6) is -0.254. The van der Waals surface area contributed by atoms with Crippen molar-refractivity contribution in [3.8, 4) is 0 Å². The Balaban J connectivity index is 1.87. The third-order valence-electron chi connectivity index (χ3n) is 4.36. The van der Waals surface area contributed by atoms with E-state index in [1.165, 1.54) is 16.0 Å². The van der Waals surface area contributed by atoms with Gasteiger partial charge in [0.2, 0.25) is 0 Å². The maximum atomic E-state index is 12.8. The van der Waals surface area contributed by atoms with E-state index < -0.39 is 10.0 Å². The molecule has 0 saturated carbocycles. The molecule has 0 saturated heterocycles. The van der Waals surface area contributed by atoms with E-state index >= 15 is 0 Å². The summed E-state index contributed by atoms with van der Waals surface area (Å²) >= 11 is 0. The van der Waals surface area contributed by atoms with Gasteiger partial charge in [-0.2, -0.15) is 5.10 Å². The van der Waals surface area contributed by atoms with Crippen LogP contribution in [0.25, 0.3) is 0 Å². The van der Waals surface area contributed by atoms with Crippen molar-refractivity contribution >= 4 is 21.6 Å². The van der Waals surface area contributed by atoms with Crippen molar-refractivity contribution in [3.05, 3.63) is 77.1 Å². The highest BCUT2D eigenvalue weighted by Crippen LogP contribution is 2.23. The summed E-state index contributed by atoms with van der Waals surface area (Å²) in [5, 5.41) is 4.19. The zero-order chi connectivity index (χ0) is 19.8. The molecule has 0 aliphatic rings. The first-order valence-corrected chi connectivity index (χ1v) is 9.88. The van der Waals surface area contributed by atoms with Gasteiger partial charge < -0.3 is 0 Å². The fourth-order valence-electron chi connectivity index (χ4n) is 2.78. The van der Waals surface area contributed by atoms with E-state index in [2.05, 4.69) is 5.10 Å². The van der Waals surface area contributed by atoms with Gasteiger partial charge in [-0.3, -0.25) is 9.10 Å². The Morgan fingerprint density at radius 1 is 0.963 bits per heavy atom. The second kappa shape index (κ2) is 7.00. The van der Waals surface area contributed by atoms with Crippen LogP contribution in [0.5, 0.6) is 0 Å². The molecule has 0 aliphatic heterocycles. The van der Waals surface area contributed by atoms with Crippen LogP contribution in [0.15, 0.2) is 59.5 Å². The molecule has 0 fully saturated rings. The van der Waals surface area contributed by atoms with Crippen LogP contribution in [0.1, 0.15) is 27.3 Å². The van der Waals surface area contributed by atoms with Gasteiger partial charge in [0.25, 0.3) is 15.9 Å². The Labute approximate surface area is 159 Å². The lowest BCUT2D eigenvalue weighted by atomic mass is 10.2. The second-order valence-corrected chi connectivity index (χ2v) is 8.45. The Kier molecular flexibility index (Phi) is 4.89. The molecular weight excluding hydrogens is 362 g/mol. The average Bonchev–Trinajstić information content (AvgIpc) is 2.99. The molecule has 0 unspecified atom stereocenters. The van der Waals surface area contributed by atoms with Crippen molar-refractivity contribution in [1.29, 1.82) is 0 Å². The lowest BCUT2D eigenvalue weighted by Crippen LogP contribution is -2.26. The minimum atomic E-state index is -3.67.